The van der Waals surface area contributed by atoms with Gasteiger partial charge in [-0.2, -0.15) is 0 Å². The maximum absolute atomic E-state index is 12.6. The maximum atomic E-state index is 12.6. The summed E-state index contributed by atoms with van der Waals surface area (Å²) in [6.45, 7) is 1.08. The minimum Gasteiger partial charge on any atom is -0.356 e. The Morgan fingerprint density at radius 1 is 1.13 bits per heavy atom. The van der Waals surface area contributed by atoms with E-state index in [4.69, 9.17) is 11.6 Å². The lowest BCUT2D eigenvalue weighted by Crippen LogP contribution is -2.27. The third-order valence-electron chi connectivity index (χ3n) is 4.86. The largest absolute Gasteiger partial charge is 0.356 e. The Hall–Kier alpha value is -3.33. The van der Waals surface area contributed by atoms with E-state index in [1.54, 1.807) is 11.0 Å². The second-order valence-electron chi connectivity index (χ2n) is 6.98. The standard InChI is InChI=1S/C20H21ClN8O/c21-17-8-6-15(7-9-17)16(13-28-14-23-26-27-28)12-20(30)22-10-3-5-19-25-24-18-4-1-2-11-29(18)19/h1-2,4,6-9,11,14,16H,3,5,10,12-13H2,(H,22,30)/t16-/m0/s1. The summed E-state index contributed by atoms with van der Waals surface area (Å²) in [5.41, 5.74) is 1.84. The van der Waals surface area contributed by atoms with E-state index in [-0.39, 0.29) is 11.8 Å². The first kappa shape index (κ1) is 20.0. The molecular weight excluding hydrogens is 404 g/mol. The second-order valence-corrected chi connectivity index (χ2v) is 7.42. The van der Waals surface area contributed by atoms with Gasteiger partial charge in [-0.25, -0.2) is 4.68 Å². The lowest BCUT2D eigenvalue weighted by atomic mass is 9.95. The highest BCUT2D eigenvalue weighted by Crippen LogP contribution is 2.23. The van der Waals surface area contributed by atoms with Gasteiger partial charge in [0.1, 0.15) is 12.2 Å². The highest BCUT2D eigenvalue weighted by molar-refractivity contribution is 6.30. The average molecular weight is 425 g/mol. The predicted molar refractivity (Wildman–Crippen MR) is 111 cm³/mol. The molecule has 9 nitrogen and oxygen atoms in total. The van der Waals surface area contributed by atoms with Crippen LogP contribution in [0.4, 0.5) is 0 Å². The van der Waals surface area contributed by atoms with Crippen molar-refractivity contribution < 1.29 is 4.79 Å². The van der Waals surface area contributed by atoms with Crippen molar-refractivity contribution in [2.24, 2.45) is 0 Å². The summed E-state index contributed by atoms with van der Waals surface area (Å²) in [6.07, 6.45) is 5.33. The van der Waals surface area contributed by atoms with Crippen LogP contribution in [0.3, 0.4) is 0 Å². The van der Waals surface area contributed by atoms with Gasteiger partial charge in [-0.1, -0.05) is 29.8 Å². The Morgan fingerprint density at radius 3 is 2.80 bits per heavy atom. The first-order valence-electron chi connectivity index (χ1n) is 9.70. The molecule has 4 rings (SSSR count). The number of aromatic nitrogens is 7. The van der Waals surface area contributed by atoms with Gasteiger partial charge < -0.3 is 5.32 Å². The topological polar surface area (TPSA) is 103 Å². The number of tetrazole rings is 1. The number of nitrogens with zero attached hydrogens (tertiary/aromatic N) is 7. The van der Waals surface area contributed by atoms with Crippen LogP contribution in [0.1, 0.15) is 30.1 Å². The molecule has 4 aromatic rings. The number of carbonyl (C=O) groups excluding carboxylic acids is 1. The van der Waals surface area contributed by atoms with Crippen molar-refractivity contribution in [2.75, 3.05) is 6.54 Å². The first-order valence-corrected chi connectivity index (χ1v) is 10.1. The molecule has 0 unspecified atom stereocenters. The summed E-state index contributed by atoms with van der Waals surface area (Å²) in [5, 5.41) is 23.3. The average Bonchev–Trinajstić information content (AvgIpc) is 3.41. The van der Waals surface area contributed by atoms with Gasteiger partial charge in [0.25, 0.3) is 0 Å². The van der Waals surface area contributed by atoms with Crippen LogP contribution >= 0.6 is 11.6 Å². The molecule has 30 heavy (non-hydrogen) atoms. The van der Waals surface area contributed by atoms with E-state index in [1.165, 1.54) is 0 Å². The van der Waals surface area contributed by atoms with Crippen LogP contribution in [-0.4, -0.2) is 47.3 Å². The number of halogens is 1. The summed E-state index contributed by atoms with van der Waals surface area (Å²) in [5.74, 6) is 0.804. The molecule has 1 atom stereocenters. The summed E-state index contributed by atoms with van der Waals surface area (Å²) < 4.78 is 3.59. The number of aryl methyl sites for hydroxylation is 1. The van der Waals surface area contributed by atoms with Crippen molar-refractivity contribution in [3.8, 4) is 0 Å². The summed E-state index contributed by atoms with van der Waals surface area (Å²) in [7, 11) is 0. The van der Waals surface area contributed by atoms with Gasteiger partial charge in [0.05, 0.1) is 6.54 Å². The van der Waals surface area contributed by atoms with Gasteiger partial charge in [0.2, 0.25) is 5.91 Å². The molecule has 1 aromatic carbocycles. The molecule has 0 aliphatic rings. The molecule has 3 aromatic heterocycles. The first-order chi connectivity index (χ1) is 14.7. The van der Waals surface area contributed by atoms with E-state index in [2.05, 4.69) is 31.0 Å². The molecule has 0 saturated carbocycles. The second kappa shape index (κ2) is 9.45. The number of carbonyl (C=O) groups is 1. The van der Waals surface area contributed by atoms with Crippen LogP contribution in [0.25, 0.3) is 5.65 Å². The Morgan fingerprint density at radius 2 is 2.00 bits per heavy atom. The van der Waals surface area contributed by atoms with Crippen molar-refractivity contribution in [1.82, 2.24) is 40.1 Å². The number of rotatable bonds is 9. The number of hydrogen-bond acceptors (Lipinski definition) is 6. The Balaban J connectivity index is 1.31. The van der Waals surface area contributed by atoms with Gasteiger partial charge in [0, 0.05) is 36.5 Å². The van der Waals surface area contributed by atoms with Crippen molar-refractivity contribution in [1.29, 1.82) is 0 Å². The molecule has 0 fully saturated rings. The minimum absolute atomic E-state index is 0.0193. The molecule has 1 amide bonds. The van der Waals surface area contributed by atoms with E-state index >= 15 is 0 Å². The highest BCUT2D eigenvalue weighted by Gasteiger charge is 2.17. The Labute approximate surface area is 178 Å². The van der Waals surface area contributed by atoms with Crippen LogP contribution in [0.5, 0.6) is 0 Å². The zero-order valence-electron chi connectivity index (χ0n) is 16.2. The number of benzene rings is 1. The van der Waals surface area contributed by atoms with Gasteiger partial charge in [-0.3, -0.25) is 9.20 Å². The van der Waals surface area contributed by atoms with E-state index in [9.17, 15) is 4.79 Å². The van der Waals surface area contributed by atoms with Gasteiger partial charge in [-0.15, -0.1) is 15.3 Å². The molecule has 0 aliphatic heterocycles. The lowest BCUT2D eigenvalue weighted by Gasteiger charge is -2.17. The molecule has 0 radical (unpaired) electrons. The van der Waals surface area contributed by atoms with Crippen molar-refractivity contribution in [3.63, 3.8) is 0 Å². The molecule has 0 aliphatic carbocycles. The van der Waals surface area contributed by atoms with Crippen LogP contribution in [-0.2, 0) is 17.8 Å². The molecule has 1 N–H and O–H groups in total. The Bertz CT molecular complexity index is 1090. The van der Waals surface area contributed by atoms with Crippen LogP contribution in [0.2, 0.25) is 5.02 Å². The monoisotopic (exact) mass is 424 g/mol. The predicted octanol–water partition coefficient (Wildman–Crippen LogP) is 2.29. The van der Waals surface area contributed by atoms with Crippen molar-refractivity contribution >= 4 is 23.2 Å². The quantitative estimate of drug-likeness (QED) is 0.413. The summed E-state index contributed by atoms with van der Waals surface area (Å²) in [4.78, 5) is 12.6. The zero-order valence-corrected chi connectivity index (χ0v) is 17.0. The molecule has 154 valence electrons. The molecular formula is C20H21ClN8O. The van der Waals surface area contributed by atoms with E-state index in [1.807, 2.05) is 53.1 Å². The molecule has 10 heteroatoms. The normalized spacial score (nSPS) is 12.2. The molecule has 0 saturated heterocycles. The lowest BCUT2D eigenvalue weighted by molar-refractivity contribution is -0.121. The number of fused-ring (bicyclic) bond motifs is 1. The summed E-state index contributed by atoms with van der Waals surface area (Å²) >= 11 is 6.00. The summed E-state index contributed by atoms with van der Waals surface area (Å²) in [6, 6.07) is 13.3. The smallest absolute Gasteiger partial charge is 0.220 e. The SMILES string of the molecule is O=C(C[C@@H](Cn1cnnn1)c1ccc(Cl)cc1)NCCCc1nnc2ccccn12. The Kier molecular flexibility index (Phi) is 6.29. The van der Waals surface area contributed by atoms with E-state index < -0.39 is 0 Å². The van der Waals surface area contributed by atoms with Crippen molar-refractivity contribution in [3.05, 3.63) is 71.4 Å². The van der Waals surface area contributed by atoms with Crippen LogP contribution in [0, 0.1) is 0 Å². The van der Waals surface area contributed by atoms with Crippen LogP contribution < -0.4 is 5.32 Å². The van der Waals surface area contributed by atoms with E-state index in [0.29, 0.717) is 24.5 Å². The molecule has 0 spiro atoms. The third kappa shape index (κ3) is 4.98. The minimum atomic E-state index is -0.0637. The third-order valence-corrected chi connectivity index (χ3v) is 5.11. The van der Waals surface area contributed by atoms with Gasteiger partial charge in [0.15, 0.2) is 5.65 Å². The highest BCUT2D eigenvalue weighted by atomic mass is 35.5. The van der Waals surface area contributed by atoms with Crippen molar-refractivity contribution in [2.45, 2.75) is 31.7 Å². The fourth-order valence-electron chi connectivity index (χ4n) is 3.34. The fraction of sp³-hybridized carbons (Fsp3) is 0.300. The molecule has 0 bridgehead atoms. The fourth-order valence-corrected chi connectivity index (χ4v) is 3.47. The number of amides is 1. The van der Waals surface area contributed by atoms with Crippen LogP contribution in [0.15, 0.2) is 55.0 Å². The van der Waals surface area contributed by atoms with E-state index in [0.717, 1.165) is 29.9 Å². The number of pyridine rings is 1. The van der Waals surface area contributed by atoms with Gasteiger partial charge in [-0.05, 0) is 46.7 Å². The number of nitrogens with one attached hydrogen (secondary N) is 1. The van der Waals surface area contributed by atoms with Gasteiger partial charge >= 0.3 is 0 Å². The zero-order chi connectivity index (χ0) is 20.8. The number of hydrogen-bond donors (Lipinski definition) is 1. The molecule has 3 heterocycles. The maximum Gasteiger partial charge on any atom is 0.220 e.